The normalized spacial score (nSPS) is 17.0. The third kappa shape index (κ3) is 5.01. The minimum atomic E-state index is -0.354. The average molecular weight is 395 g/mol. The van der Waals surface area contributed by atoms with Gasteiger partial charge in [0.25, 0.3) is 5.91 Å². The molecule has 0 radical (unpaired) electrons. The molecular formula is C23H26FN3O2. The van der Waals surface area contributed by atoms with Gasteiger partial charge in [-0.2, -0.15) is 0 Å². The van der Waals surface area contributed by atoms with Crippen LogP contribution in [-0.2, 0) is 17.6 Å². The number of hydrogen-bond acceptors (Lipinski definition) is 3. The first kappa shape index (κ1) is 19.6. The van der Waals surface area contributed by atoms with Gasteiger partial charge in [-0.05, 0) is 79.6 Å². The van der Waals surface area contributed by atoms with Crippen LogP contribution >= 0.6 is 0 Å². The van der Waals surface area contributed by atoms with Crippen molar-refractivity contribution in [3.63, 3.8) is 0 Å². The molecule has 0 saturated carbocycles. The Morgan fingerprint density at radius 1 is 1.00 bits per heavy atom. The molecule has 2 aliphatic rings. The number of anilines is 1. The molecule has 1 aliphatic heterocycles. The van der Waals surface area contributed by atoms with Gasteiger partial charge in [0, 0.05) is 30.4 Å². The highest BCUT2D eigenvalue weighted by atomic mass is 19.1. The van der Waals surface area contributed by atoms with Gasteiger partial charge in [0.2, 0.25) is 5.91 Å². The molecule has 2 N–H and O–H groups in total. The summed E-state index contributed by atoms with van der Waals surface area (Å²) < 4.78 is 13.0. The van der Waals surface area contributed by atoms with Crippen LogP contribution in [0.3, 0.4) is 0 Å². The maximum Gasteiger partial charge on any atom is 0.251 e. The number of nitrogens with one attached hydrogen (secondary N) is 2. The van der Waals surface area contributed by atoms with Gasteiger partial charge in [-0.25, -0.2) is 4.39 Å². The van der Waals surface area contributed by atoms with Crippen LogP contribution in [0.25, 0.3) is 0 Å². The van der Waals surface area contributed by atoms with Crippen LogP contribution in [0, 0.1) is 5.82 Å². The summed E-state index contributed by atoms with van der Waals surface area (Å²) in [5, 5.41) is 6.01. The monoisotopic (exact) mass is 395 g/mol. The Morgan fingerprint density at radius 3 is 2.48 bits per heavy atom. The molecule has 1 aliphatic carbocycles. The van der Waals surface area contributed by atoms with E-state index in [1.54, 1.807) is 0 Å². The van der Waals surface area contributed by atoms with Gasteiger partial charge >= 0.3 is 0 Å². The number of nitrogens with zero attached hydrogens (tertiary/aromatic N) is 1. The highest BCUT2D eigenvalue weighted by Gasteiger charge is 2.22. The van der Waals surface area contributed by atoms with Gasteiger partial charge in [0.05, 0.1) is 6.54 Å². The van der Waals surface area contributed by atoms with Crippen LogP contribution in [-0.4, -0.2) is 42.4 Å². The highest BCUT2D eigenvalue weighted by Crippen LogP contribution is 2.25. The Kier molecular flexibility index (Phi) is 5.90. The van der Waals surface area contributed by atoms with Gasteiger partial charge in [0.1, 0.15) is 5.82 Å². The van der Waals surface area contributed by atoms with E-state index >= 15 is 0 Å². The summed E-state index contributed by atoms with van der Waals surface area (Å²) in [4.78, 5) is 26.8. The third-order valence-corrected chi connectivity index (χ3v) is 5.78. The second-order valence-corrected chi connectivity index (χ2v) is 7.92. The summed E-state index contributed by atoms with van der Waals surface area (Å²) in [7, 11) is 0. The predicted molar refractivity (Wildman–Crippen MR) is 110 cm³/mol. The molecule has 2 amide bonds. The summed E-state index contributed by atoms with van der Waals surface area (Å²) in [6.45, 7) is 1.87. The number of amides is 2. The topological polar surface area (TPSA) is 61.4 Å². The summed E-state index contributed by atoms with van der Waals surface area (Å²) in [6, 6.07) is 11.8. The number of halogens is 1. The van der Waals surface area contributed by atoms with Crippen LogP contribution in [0.1, 0.15) is 40.7 Å². The maximum atomic E-state index is 13.0. The van der Waals surface area contributed by atoms with Crippen LogP contribution in [0.4, 0.5) is 10.1 Å². The van der Waals surface area contributed by atoms with E-state index in [9.17, 15) is 14.0 Å². The van der Waals surface area contributed by atoms with E-state index in [0.29, 0.717) is 12.1 Å². The number of hydrogen-bond donors (Lipinski definition) is 2. The number of fused-ring (bicyclic) bond motifs is 1. The number of rotatable bonds is 5. The summed E-state index contributed by atoms with van der Waals surface area (Å²) >= 11 is 0. The Bertz CT molecular complexity index is 889. The molecule has 0 aromatic heterocycles. The zero-order valence-electron chi connectivity index (χ0n) is 16.4. The zero-order valence-corrected chi connectivity index (χ0v) is 16.4. The van der Waals surface area contributed by atoms with Gasteiger partial charge in [-0.1, -0.05) is 6.07 Å². The fourth-order valence-corrected chi connectivity index (χ4v) is 4.16. The lowest BCUT2D eigenvalue weighted by Gasteiger charge is -2.31. The number of likely N-dealkylation sites (tertiary alicyclic amines) is 1. The lowest BCUT2D eigenvalue weighted by Crippen LogP contribution is -2.46. The average Bonchev–Trinajstić information content (AvgIpc) is 3.18. The molecule has 4 rings (SSSR count). The fourth-order valence-electron chi connectivity index (χ4n) is 4.16. The highest BCUT2D eigenvalue weighted by molar-refractivity contribution is 5.94. The van der Waals surface area contributed by atoms with Crippen molar-refractivity contribution in [3.05, 3.63) is 65.0 Å². The summed E-state index contributed by atoms with van der Waals surface area (Å²) in [6.07, 6.45) is 5.00. The van der Waals surface area contributed by atoms with E-state index in [-0.39, 0.29) is 23.7 Å². The molecule has 0 atom stereocenters. The maximum absolute atomic E-state index is 13.0. The van der Waals surface area contributed by atoms with Gasteiger partial charge < -0.3 is 10.6 Å². The quantitative estimate of drug-likeness (QED) is 0.818. The molecule has 152 valence electrons. The Balaban J connectivity index is 1.22. The summed E-state index contributed by atoms with van der Waals surface area (Å²) in [5.41, 5.74) is 4.08. The van der Waals surface area contributed by atoms with E-state index < -0.39 is 0 Å². The smallest absolute Gasteiger partial charge is 0.251 e. The predicted octanol–water partition coefficient (Wildman–Crippen LogP) is 3.15. The molecule has 6 heteroatoms. The molecular weight excluding hydrogens is 369 g/mol. The van der Waals surface area contributed by atoms with E-state index in [2.05, 4.69) is 27.7 Å². The minimum absolute atomic E-state index is 0.00301. The zero-order chi connectivity index (χ0) is 20.2. The van der Waals surface area contributed by atoms with Crippen LogP contribution in [0.2, 0.25) is 0 Å². The molecule has 1 heterocycles. The Morgan fingerprint density at radius 2 is 1.72 bits per heavy atom. The molecule has 29 heavy (non-hydrogen) atoms. The first-order chi connectivity index (χ1) is 14.1. The molecule has 2 aromatic carbocycles. The SMILES string of the molecule is O=C(CN1CCC(NC(=O)c2ccc(F)cc2)CC1)Nc1ccc2c(c1)CCC2. The molecule has 5 nitrogen and oxygen atoms in total. The molecule has 0 bridgehead atoms. The lowest BCUT2D eigenvalue weighted by molar-refractivity contribution is -0.117. The molecule has 0 spiro atoms. The lowest BCUT2D eigenvalue weighted by atomic mass is 10.0. The first-order valence-corrected chi connectivity index (χ1v) is 10.3. The second-order valence-electron chi connectivity index (χ2n) is 7.92. The van der Waals surface area contributed by atoms with Crippen molar-refractivity contribution in [1.82, 2.24) is 10.2 Å². The third-order valence-electron chi connectivity index (χ3n) is 5.78. The van der Waals surface area contributed by atoms with Crippen molar-refractivity contribution in [2.45, 2.75) is 38.1 Å². The number of aryl methyl sites for hydroxylation is 2. The number of benzene rings is 2. The number of carbonyl (C=O) groups is 2. The van der Waals surface area contributed by atoms with Crippen molar-refractivity contribution in [1.29, 1.82) is 0 Å². The van der Waals surface area contributed by atoms with Crippen LogP contribution in [0.5, 0.6) is 0 Å². The van der Waals surface area contributed by atoms with Crippen molar-refractivity contribution in [2.75, 3.05) is 25.0 Å². The first-order valence-electron chi connectivity index (χ1n) is 10.3. The largest absolute Gasteiger partial charge is 0.349 e. The molecule has 1 fully saturated rings. The second kappa shape index (κ2) is 8.74. The van der Waals surface area contributed by atoms with Gasteiger partial charge in [-0.15, -0.1) is 0 Å². The van der Waals surface area contributed by atoms with E-state index in [1.807, 2.05) is 6.07 Å². The molecule has 2 aromatic rings. The van der Waals surface area contributed by atoms with Crippen LogP contribution in [0.15, 0.2) is 42.5 Å². The molecule has 0 unspecified atom stereocenters. The van der Waals surface area contributed by atoms with Gasteiger partial charge in [-0.3, -0.25) is 14.5 Å². The van der Waals surface area contributed by atoms with E-state index in [0.717, 1.165) is 44.5 Å². The summed E-state index contributed by atoms with van der Waals surface area (Å²) in [5.74, 6) is -0.539. The van der Waals surface area contributed by atoms with Crippen LogP contribution < -0.4 is 10.6 Å². The number of carbonyl (C=O) groups excluding carboxylic acids is 2. The molecule has 1 saturated heterocycles. The van der Waals surface area contributed by atoms with Crippen molar-refractivity contribution >= 4 is 17.5 Å². The Labute approximate surface area is 170 Å². The van der Waals surface area contributed by atoms with Crippen molar-refractivity contribution in [3.8, 4) is 0 Å². The van der Waals surface area contributed by atoms with Crippen molar-refractivity contribution in [2.24, 2.45) is 0 Å². The standard InChI is InChI=1S/C23H26FN3O2/c24-19-7-4-17(5-8-19)23(29)26-20-10-12-27(13-11-20)15-22(28)25-21-9-6-16-2-1-3-18(16)14-21/h4-9,14,20H,1-3,10-13,15H2,(H,25,28)(H,26,29). The van der Waals surface area contributed by atoms with Crippen molar-refractivity contribution < 1.29 is 14.0 Å². The van der Waals surface area contributed by atoms with E-state index in [1.165, 1.54) is 41.8 Å². The fraction of sp³-hybridized carbons (Fsp3) is 0.391. The van der Waals surface area contributed by atoms with E-state index in [4.69, 9.17) is 0 Å². The number of piperidine rings is 1. The van der Waals surface area contributed by atoms with Gasteiger partial charge in [0.15, 0.2) is 0 Å². The Hall–Kier alpha value is -2.73. The minimum Gasteiger partial charge on any atom is -0.349 e.